The number of aromatic nitrogens is 2. The maximum atomic E-state index is 12.7. The number of fused-ring (bicyclic) bond motifs is 1. The predicted molar refractivity (Wildman–Crippen MR) is 85.8 cm³/mol. The Morgan fingerprint density at radius 3 is 2.87 bits per heavy atom. The first-order valence-electron chi connectivity index (χ1n) is 8.70. The van der Waals surface area contributed by atoms with Crippen LogP contribution in [0.5, 0.6) is 0 Å². The van der Waals surface area contributed by atoms with E-state index in [1.807, 2.05) is 0 Å². The zero-order chi connectivity index (χ0) is 15.6. The van der Waals surface area contributed by atoms with E-state index in [-0.39, 0.29) is 11.8 Å². The molecule has 0 bridgehead atoms. The Kier molecular flexibility index (Phi) is 4.27. The third kappa shape index (κ3) is 3.10. The van der Waals surface area contributed by atoms with Gasteiger partial charge < -0.3 is 10.1 Å². The number of rotatable bonds is 3. The van der Waals surface area contributed by atoms with Gasteiger partial charge in [-0.3, -0.25) is 14.7 Å². The Bertz CT molecular complexity index is 547. The molecule has 2 aliphatic heterocycles. The SMILES string of the molecule is O=C(Nc1cnccn1)[C@@H]1COC[C@H]2CN(C3CCCC3)C[C@H]21. The van der Waals surface area contributed by atoms with Gasteiger partial charge in [0.15, 0.2) is 5.82 Å². The number of amides is 1. The molecule has 3 atom stereocenters. The Morgan fingerprint density at radius 2 is 2.09 bits per heavy atom. The fourth-order valence-corrected chi connectivity index (χ4v) is 4.45. The molecule has 4 rings (SSSR count). The summed E-state index contributed by atoms with van der Waals surface area (Å²) in [6.07, 6.45) is 10.1. The fourth-order valence-electron chi connectivity index (χ4n) is 4.45. The van der Waals surface area contributed by atoms with Crippen molar-refractivity contribution in [3.05, 3.63) is 18.6 Å². The average Bonchev–Trinajstić information content (AvgIpc) is 3.24. The first kappa shape index (κ1) is 15.0. The summed E-state index contributed by atoms with van der Waals surface area (Å²) in [4.78, 5) is 23.4. The van der Waals surface area contributed by atoms with Crippen LogP contribution in [0.3, 0.4) is 0 Å². The lowest BCUT2D eigenvalue weighted by atomic mass is 9.82. The van der Waals surface area contributed by atoms with E-state index >= 15 is 0 Å². The number of hydrogen-bond acceptors (Lipinski definition) is 5. The highest BCUT2D eigenvalue weighted by Gasteiger charge is 2.45. The molecule has 3 heterocycles. The second kappa shape index (κ2) is 6.53. The number of anilines is 1. The van der Waals surface area contributed by atoms with E-state index < -0.39 is 0 Å². The molecule has 1 saturated carbocycles. The summed E-state index contributed by atoms with van der Waals surface area (Å²) in [6, 6.07) is 0.726. The summed E-state index contributed by atoms with van der Waals surface area (Å²) in [5.41, 5.74) is 0. The number of nitrogens with zero attached hydrogens (tertiary/aromatic N) is 3. The Morgan fingerprint density at radius 1 is 1.22 bits per heavy atom. The van der Waals surface area contributed by atoms with Crippen LogP contribution in [0.4, 0.5) is 5.82 Å². The predicted octanol–water partition coefficient (Wildman–Crippen LogP) is 1.55. The van der Waals surface area contributed by atoms with Gasteiger partial charge in [0.1, 0.15) is 0 Å². The zero-order valence-electron chi connectivity index (χ0n) is 13.4. The molecule has 2 saturated heterocycles. The lowest BCUT2D eigenvalue weighted by Gasteiger charge is -2.31. The molecule has 0 aromatic carbocycles. The van der Waals surface area contributed by atoms with Crippen LogP contribution in [0.1, 0.15) is 25.7 Å². The van der Waals surface area contributed by atoms with E-state index in [1.54, 1.807) is 18.6 Å². The maximum Gasteiger partial charge on any atom is 0.231 e. The number of nitrogens with one attached hydrogen (secondary N) is 1. The van der Waals surface area contributed by atoms with Crippen LogP contribution in [-0.4, -0.2) is 53.1 Å². The summed E-state index contributed by atoms with van der Waals surface area (Å²) >= 11 is 0. The van der Waals surface area contributed by atoms with Crippen LogP contribution in [0.2, 0.25) is 0 Å². The van der Waals surface area contributed by atoms with E-state index in [0.717, 1.165) is 25.7 Å². The van der Waals surface area contributed by atoms with Gasteiger partial charge in [-0.25, -0.2) is 4.98 Å². The molecule has 0 unspecified atom stereocenters. The Labute approximate surface area is 136 Å². The lowest BCUT2D eigenvalue weighted by Crippen LogP contribution is -2.42. The van der Waals surface area contributed by atoms with Crippen molar-refractivity contribution in [2.24, 2.45) is 17.8 Å². The zero-order valence-corrected chi connectivity index (χ0v) is 13.4. The second-order valence-corrected chi connectivity index (χ2v) is 7.04. The van der Waals surface area contributed by atoms with Gasteiger partial charge in [-0.15, -0.1) is 0 Å². The number of hydrogen-bond donors (Lipinski definition) is 1. The van der Waals surface area contributed by atoms with Crippen molar-refractivity contribution in [3.63, 3.8) is 0 Å². The van der Waals surface area contributed by atoms with Gasteiger partial charge in [-0.2, -0.15) is 0 Å². The third-order valence-electron chi connectivity index (χ3n) is 5.66. The topological polar surface area (TPSA) is 67.3 Å². The highest BCUT2D eigenvalue weighted by atomic mass is 16.5. The van der Waals surface area contributed by atoms with Gasteiger partial charge in [0, 0.05) is 31.5 Å². The van der Waals surface area contributed by atoms with Crippen molar-refractivity contribution in [2.75, 3.05) is 31.6 Å². The van der Waals surface area contributed by atoms with Crippen molar-refractivity contribution in [1.82, 2.24) is 14.9 Å². The first-order chi connectivity index (χ1) is 11.3. The van der Waals surface area contributed by atoms with Gasteiger partial charge >= 0.3 is 0 Å². The Balaban J connectivity index is 1.43. The standard InChI is InChI=1S/C17H24N4O2/c22-17(20-16-7-18-5-6-19-16)15-11-23-10-12-8-21(9-14(12)15)13-3-1-2-4-13/h5-7,12-15H,1-4,8-11H2,(H,19,20,22)/t12-,14-,15-/m1/s1. The van der Waals surface area contributed by atoms with Gasteiger partial charge in [-0.05, 0) is 24.7 Å². The van der Waals surface area contributed by atoms with Gasteiger partial charge in [0.2, 0.25) is 5.91 Å². The number of carbonyl (C=O) groups is 1. The van der Waals surface area contributed by atoms with Crippen LogP contribution in [0, 0.1) is 17.8 Å². The minimum Gasteiger partial charge on any atom is -0.380 e. The molecule has 1 aliphatic carbocycles. The van der Waals surface area contributed by atoms with Crippen molar-refractivity contribution in [1.29, 1.82) is 0 Å². The van der Waals surface area contributed by atoms with Crippen LogP contribution < -0.4 is 5.32 Å². The smallest absolute Gasteiger partial charge is 0.231 e. The van der Waals surface area contributed by atoms with E-state index in [9.17, 15) is 4.79 Å². The van der Waals surface area contributed by atoms with Gasteiger partial charge in [0.05, 0.1) is 25.3 Å². The molecular formula is C17H24N4O2. The molecule has 1 aromatic rings. The molecule has 1 amide bonds. The summed E-state index contributed by atoms with van der Waals surface area (Å²) in [5, 5.41) is 2.90. The second-order valence-electron chi connectivity index (χ2n) is 7.04. The summed E-state index contributed by atoms with van der Waals surface area (Å²) < 4.78 is 5.74. The quantitative estimate of drug-likeness (QED) is 0.916. The largest absolute Gasteiger partial charge is 0.380 e. The minimum absolute atomic E-state index is 0.0217. The molecule has 3 fully saturated rings. The van der Waals surface area contributed by atoms with Gasteiger partial charge in [-0.1, -0.05) is 12.8 Å². The highest BCUT2D eigenvalue weighted by molar-refractivity contribution is 5.92. The maximum absolute atomic E-state index is 12.7. The molecule has 0 radical (unpaired) electrons. The van der Waals surface area contributed by atoms with Crippen molar-refractivity contribution < 1.29 is 9.53 Å². The monoisotopic (exact) mass is 316 g/mol. The third-order valence-corrected chi connectivity index (χ3v) is 5.66. The van der Waals surface area contributed by atoms with E-state index in [4.69, 9.17) is 4.74 Å². The molecule has 6 heteroatoms. The number of carbonyl (C=O) groups excluding carboxylic acids is 1. The summed E-state index contributed by atoms with van der Waals surface area (Å²) in [6.45, 7) is 3.44. The highest BCUT2D eigenvalue weighted by Crippen LogP contribution is 2.38. The first-order valence-corrected chi connectivity index (χ1v) is 8.70. The molecule has 0 spiro atoms. The molecule has 124 valence electrons. The molecule has 3 aliphatic rings. The Hall–Kier alpha value is -1.53. The molecular weight excluding hydrogens is 292 g/mol. The summed E-state index contributed by atoms with van der Waals surface area (Å²) in [7, 11) is 0. The van der Waals surface area contributed by atoms with Crippen molar-refractivity contribution in [3.8, 4) is 0 Å². The van der Waals surface area contributed by atoms with E-state index in [1.165, 1.54) is 25.7 Å². The average molecular weight is 316 g/mol. The minimum atomic E-state index is -0.0813. The van der Waals surface area contributed by atoms with Crippen LogP contribution in [-0.2, 0) is 9.53 Å². The van der Waals surface area contributed by atoms with Crippen molar-refractivity contribution in [2.45, 2.75) is 31.7 Å². The van der Waals surface area contributed by atoms with Crippen LogP contribution >= 0.6 is 0 Å². The lowest BCUT2D eigenvalue weighted by molar-refractivity contribution is -0.128. The molecule has 23 heavy (non-hydrogen) atoms. The molecule has 6 nitrogen and oxygen atoms in total. The van der Waals surface area contributed by atoms with Crippen molar-refractivity contribution >= 4 is 11.7 Å². The van der Waals surface area contributed by atoms with Crippen LogP contribution in [0.15, 0.2) is 18.6 Å². The van der Waals surface area contributed by atoms with Crippen LogP contribution in [0.25, 0.3) is 0 Å². The van der Waals surface area contributed by atoms with E-state index in [0.29, 0.717) is 24.3 Å². The summed E-state index contributed by atoms with van der Waals surface area (Å²) in [5.74, 6) is 1.35. The van der Waals surface area contributed by atoms with E-state index in [2.05, 4.69) is 20.2 Å². The normalized spacial score (nSPS) is 31.9. The van der Waals surface area contributed by atoms with Gasteiger partial charge in [0.25, 0.3) is 0 Å². The fraction of sp³-hybridized carbons (Fsp3) is 0.706. The molecule has 1 aromatic heterocycles. The molecule has 1 N–H and O–H groups in total. The number of ether oxygens (including phenoxy) is 1. The number of likely N-dealkylation sites (tertiary alicyclic amines) is 1.